The second kappa shape index (κ2) is 12.8. The van der Waals surface area contributed by atoms with E-state index in [-0.39, 0.29) is 29.1 Å². The normalized spacial score (nSPS) is 12.1. The quantitative estimate of drug-likeness (QED) is 0.380. The van der Waals surface area contributed by atoms with E-state index >= 15 is 0 Å². The first-order valence-electron chi connectivity index (χ1n) is 12.8. The summed E-state index contributed by atoms with van der Waals surface area (Å²) in [5.41, 5.74) is 2.97. The van der Waals surface area contributed by atoms with E-state index in [4.69, 9.17) is 4.74 Å². The summed E-state index contributed by atoms with van der Waals surface area (Å²) in [5, 5.41) is 2.85. The van der Waals surface area contributed by atoms with Gasteiger partial charge in [0.15, 0.2) is 0 Å². The van der Waals surface area contributed by atoms with Crippen molar-refractivity contribution in [1.29, 1.82) is 0 Å². The largest absolute Gasteiger partial charge is 0.495 e. The molecule has 1 atom stereocenters. The Hall–Kier alpha value is -3.85. The first kappa shape index (κ1) is 29.7. The minimum absolute atomic E-state index is 0.0441. The van der Waals surface area contributed by atoms with E-state index in [1.54, 1.807) is 43.3 Å². The van der Waals surface area contributed by atoms with E-state index in [0.717, 1.165) is 21.0 Å². The third-order valence-electron chi connectivity index (χ3n) is 6.28. The van der Waals surface area contributed by atoms with Gasteiger partial charge in [-0.3, -0.25) is 13.9 Å². The van der Waals surface area contributed by atoms with Crippen molar-refractivity contribution in [2.75, 3.05) is 18.0 Å². The monoisotopic (exact) mass is 551 g/mol. The molecule has 1 N–H and O–H groups in total. The summed E-state index contributed by atoms with van der Waals surface area (Å²) in [5.74, 6) is -0.544. The Kier molecular flexibility index (Phi) is 9.75. The minimum atomic E-state index is -4.17. The molecular formula is C30H37N3O5S. The molecule has 0 radical (unpaired) electrons. The van der Waals surface area contributed by atoms with Gasteiger partial charge in [0.2, 0.25) is 11.8 Å². The fourth-order valence-electron chi connectivity index (χ4n) is 4.18. The van der Waals surface area contributed by atoms with Gasteiger partial charge >= 0.3 is 0 Å². The summed E-state index contributed by atoms with van der Waals surface area (Å²) in [6.07, 6.45) is 0. The predicted octanol–water partition coefficient (Wildman–Crippen LogP) is 4.45. The number of para-hydroxylation sites is 2. The van der Waals surface area contributed by atoms with Crippen LogP contribution in [0.3, 0.4) is 0 Å². The zero-order valence-corrected chi connectivity index (χ0v) is 24.2. The molecule has 0 aromatic heterocycles. The van der Waals surface area contributed by atoms with Gasteiger partial charge in [-0.1, -0.05) is 59.7 Å². The Morgan fingerprint density at radius 3 is 2.18 bits per heavy atom. The third kappa shape index (κ3) is 7.38. The van der Waals surface area contributed by atoms with Gasteiger partial charge < -0.3 is 15.0 Å². The van der Waals surface area contributed by atoms with E-state index in [1.165, 1.54) is 24.1 Å². The molecule has 208 valence electrons. The first-order valence-corrected chi connectivity index (χ1v) is 14.3. The maximum Gasteiger partial charge on any atom is 0.264 e. The molecule has 0 spiro atoms. The number of methoxy groups -OCH3 is 1. The molecule has 0 aliphatic rings. The van der Waals surface area contributed by atoms with Gasteiger partial charge in [-0.25, -0.2) is 8.42 Å². The lowest BCUT2D eigenvalue weighted by molar-refractivity contribution is -0.139. The van der Waals surface area contributed by atoms with E-state index in [9.17, 15) is 18.0 Å². The number of nitrogens with zero attached hydrogens (tertiary/aromatic N) is 2. The van der Waals surface area contributed by atoms with E-state index in [2.05, 4.69) is 5.32 Å². The number of rotatable bonds is 11. The smallest absolute Gasteiger partial charge is 0.264 e. The Bertz CT molecular complexity index is 1400. The van der Waals surface area contributed by atoms with Crippen LogP contribution in [0.4, 0.5) is 5.69 Å². The van der Waals surface area contributed by atoms with Crippen LogP contribution in [-0.2, 0) is 26.2 Å². The highest BCUT2D eigenvalue weighted by Gasteiger charge is 2.33. The zero-order chi connectivity index (χ0) is 28.7. The molecule has 0 heterocycles. The number of sulfonamides is 1. The van der Waals surface area contributed by atoms with Crippen molar-refractivity contribution < 1.29 is 22.7 Å². The van der Waals surface area contributed by atoms with Crippen LogP contribution in [0.5, 0.6) is 5.75 Å². The highest BCUT2D eigenvalue weighted by atomic mass is 32.2. The highest BCUT2D eigenvalue weighted by molar-refractivity contribution is 7.92. The highest BCUT2D eigenvalue weighted by Crippen LogP contribution is 2.32. The molecule has 39 heavy (non-hydrogen) atoms. The predicted molar refractivity (Wildman–Crippen MR) is 153 cm³/mol. The van der Waals surface area contributed by atoms with Crippen molar-refractivity contribution in [2.24, 2.45) is 0 Å². The van der Waals surface area contributed by atoms with Gasteiger partial charge in [-0.15, -0.1) is 0 Å². The molecule has 2 amide bonds. The lowest BCUT2D eigenvalue weighted by atomic mass is 10.1. The van der Waals surface area contributed by atoms with Gasteiger partial charge in [0.1, 0.15) is 18.3 Å². The number of amides is 2. The summed E-state index contributed by atoms with van der Waals surface area (Å²) < 4.78 is 34.4. The van der Waals surface area contributed by atoms with Crippen molar-refractivity contribution >= 4 is 27.5 Å². The van der Waals surface area contributed by atoms with Crippen molar-refractivity contribution in [3.63, 3.8) is 0 Å². The van der Waals surface area contributed by atoms with Crippen LogP contribution in [0.25, 0.3) is 0 Å². The number of carbonyl (C=O) groups excluding carboxylic acids is 2. The Morgan fingerprint density at radius 2 is 1.56 bits per heavy atom. The maximum absolute atomic E-state index is 14.0. The maximum atomic E-state index is 14.0. The number of carbonyl (C=O) groups is 2. The Morgan fingerprint density at radius 1 is 0.897 bits per heavy atom. The average molecular weight is 552 g/mol. The number of ether oxygens (including phenoxy) is 1. The molecule has 9 heteroatoms. The van der Waals surface area contributed by atoms with Crippen molar-refractivity contribution in [3.05, 3.63) is 89.5 Å². The summed E-state index contributed by atoms with van der Waals surface area (Å²) in [6, 6.07) is 19.8. The van der Waals surface area contributed by atoms with Gasteiger partial charge in [0.05, 0.1) is 17.7 Å². The van der Waals surface area contributed by atoms with Crippen molar-refractivity contribution in [1.82, 2.24) is 10.2 Å². The summed E-state index contributed by atoms with van der Waals surface area (Å²) in [7, 11) is -2.73. The fourth-order valence-corrected chi connectivity index (χ4v) is 5.61. The van der Waals surface area contributed by atoms with E-state index in [1.807, 2.05) is 52.0 Å². The van der Waals surface area contributed by atoms with Crippen LogP contribution in [0, 0.1) is 13.8 Å². The lowest BCUT2D eigenvalue weighted by Crippen LogP contribution is -2.52. The Balaban J connectivity index is 2.07. The molecular weight excluding hydrogens is 514 g/mol. The number of hydrogen-bond donors (Lipinski definition) is 1. The molecule has 8 nitrogen and oxygen atoms in total. The molecule has 3 rings (SSSR count). The summed E-state index contributed by atoms with van der Waals surface area (Å²) in [4.78, 5) is 28.4. The van der Waals surface area contributed by atoms with Crippen LogP contribution >= 0.6 is 0 Å². The molecule has 0 aliphatic heterocycles. The molecule has 0 aliphatic carbocycles. The number of nitrogens with one attached hydrogen (secondary N) is 1. The second-order valence-electron chi connectivity index (χ2n) is 9.85. The Labute approximate surface area is 231 Å². The number of hydrogen-bond acceptors (Lipinski definition) is 5. The van der Waals surface area contributed by atoms with Gasteiger partial charge in [-0.05, 0) is 64.4 Å². The second-order valence-corrected chi connectivity index (χ2v) is 11.7. The van der Waals surface area contributed by atoms with Crippen LogP contribution in [0.1, 0.15) is 37.5 Å². The molecule has 0 fully saturated rings. The van der Waals surface area contributed by atoms with E-state index in [0.29, 0.717) is 5.75 Å². The molecule has 0 bridgehead atoms. The van der Waals surface area contributed by atoms with E-state index < -0.39 is 28.5 Å². The van der Waals surface area contributed by atoms with Crippen LogP contribution in [0.2, 0.25) is 0 Å². The lowest BCUT2D eigenvalue weighted by Gasteiger charge is -2.32. The topological polar surface area (TPSA) is 96.0 Å². The summed E-state index contributed by atoms with van der Waals surface area (Å²) in [6.45, 7) is 8.75. The number of anilines is 1. The van der Waals surface area contributed by atoms with Gasteiger partial charge in [0.25, 0.3) is 10.0 Å². The zero-order valence-electron chi connectivity index (χ0n) is 23.3. The van der Waals surface area contributed by atoms with Crippen LogP contribution in [-0.4, -0.2) is 50.9 Å². The van der Waals surface area contributed by atoms with Gasteiger partial charge in [-0.2, -0.15) is 0 Å². The van der Waals surface area contributed by atoms with Crippen molar-refractivity contribution in [2.45, 2.75) is 58.1 Å². The molecule has 3 aromatic carbocycles. The van der Waals surface area contributed by atoms with Crippen LogP contribution in [0.15, 0.2) is 77.7 Å². The average Bonchev–Trinajstić information content (AvgIpc) is 2.89. The van der Waals surface area contributed by atoms with Crippen LogP contribution < -0.4 is 14.4 Å². The molecule has 0 unspecified atom stereocenters. The molecule has 3 aromatic rings. The standard InChI is InChI=1S/C30H37N3O5S/c1-21(2)31-30(35)24(5)32(19-25-11-9-10-23(4)18-25)29(34)20-33(27-12-7-8-13-28(27)38-6)39(36,37)26-16-14-22(3)15-17-26/h7-18,21,24H,19-20H2,1-6H3,(H,31,35)/t24-/m1/s1. The minimum Gasteiger partial charge on any atom is -0.495 e. The number of benzene rings is 3. The number of aryl methyl sites for hydroxylation is 2. The fraction of sp³-hybridized carbons (Fsp3) is 0.333. The van der Waals surface area contributed by atoms with Gasteiger partial charge in [0, 0.05) is 12.6 Å². The first-order chi connectivity index (χ1) is 18.4. The third-order valence-corrected chi connectivity index (χ3v) is 8.05. The SMILES string of the molecule is COc1ccccc1N(CC(=O)N(Cc1cccc(C)c1)[C@H](C)C(=O)NC(C)C)S(=O)(=O)c1ccc(C)cc1. The van der Waals surface area contributed by atoms with Crippen molar-refractivity contribution in [3.8, 4) is 5.75 Å². The molecule has 0 saturated heterocycles. The summed E-state index contributed by atoms with van der Waals surface area (Å²) >= 11 is 0. The molecule has 0 saturated carbocycles.